The summed E-state index contributed by atoms with van der Waals surface area (Å²) in [5, 5.41) is 72.1. The van der Waals surface area contributed by atoms with E-state index in [2.05, 4.69) is 50.3 Å². The van der Waals surface area contributed by atoms with E-state index < -0.39 is 99.3 Å². The van der Waals surface area contributed by atoms with E-state index in [4.69, 9.17) is 28.4 Å². The number of carbonyl (C=O) groups is 2. The molecule has 0 aliphatic carbocycles. The second-order valence-corrected chi connectivity index (χ2v) is 19.4. The summed E-state index contributed by atoms with van der Waals surface area (Å²) < 4.78 is 33.5. The summed E-state index contributed by atoms with van der Waals surface area (Å²) in [5.41, 5.74) is 0. The molecule has 0 radical (unpaired) electrons. The number of unbranched alkanes of at least 4 members (excludes halogenated alkanes) is 23. The molecule has 2 saturated heterocycles. The second kappa shape index (κ2) is 42.1. The normalized spacial score (nSPS) is 25.6. The first-order chi connectivity index (χ1) is 34.0. The summed E-state index contributed by atoms with van der Waals surface area (Å²) in [6.07, 6.45) is 29.1. The Labute approximate surface area is 421 Å². The molecule has 0 amide bonds. The Morgan fingerprint density at radius 1 is 0.443 bits per heavy atom. The summed E-state index contributed by atoms with van der Waals surface area (Å²) in [6.45, 7) is 2.51. The molecule has 0 aromatic heterocycles. The Balaban J connectivity index is 1.75. The van der Waals surface area contributed by atoms with E-state index in [-0.39, 0.29) is 19.4 Å². The maximum absolute atomic E-state index is 13.0. The van der Waals surface area contributed by atoms with Gasteiger partial charge in [0.2, 0.25) is 0 Å². The van der Waals surface area contributed by atoms with Gasteiger partial charge in [-0.25, -0.2) is 0 Å². The maximum Gasteiger partial charge on any atom is 0.306 e. The lowest BCUT2D eigenvalue weighted by Crippen LogP contribution is -2.61. The highest BCUT2D eigenvalue weighted by molar-refractivity contribution is 5.70. The Hall–Kier alpha value is -2.28. The van der Waals surface area contributed by atoms with Gasteiger partial charge in [-0.15, -0.1) is 0 Å². The van der Waals surface area contributed by atoms with Gasteiger partial charge in [0, 0.05) is 12.8 Å². The number of allylic oxidation sites excluding steroid dienone is 6. The lowest BCUT2D eigenvalue weighted by molar-refractivity contribution is -0.332. The first-order valence-corrected chi connectivity index (χ1v) is 27.6. The van der Waals surface area contributed by atoms with Crippen molar-refractivity contribution in [3.8, 4) is 0 Å². The molecule has 0 saturated carbocycles. The minimum atomic E-state index is -1.77. The molecule has 7 N–H and O–H groups in total. The second-order valence-electron chi connectivity index (χ2n) is 19.4. The zero-order valence-corrected chi connectivity index (χ0v) is 43.3. The van der Waals surface area contributed by atoms with E-state index in [9.17, 15) is 45.3 Å². The number of esters is 2. The predicted octanol–water partition coefficient (Wildman–Crippen LogP) is 8.49. The summed E-state index contributed by atoms with van der Waals surface area (Å²) in [4.78, 5) is 25.7. The van der Waals surface area contributed by atoms with Crippen molar-refractivity contribution in [3.63, 3.8) is 0 Å². The minimum Gasteiger partial charge on any atom is -0.462 e. The molecule has 2 aliphatic rings. The quantitative estimate of drug-likeness (QED) is 0.0173. The van der Waals surface area contributed by atoms with Crippen LogP contribution in [0.25, 0.3) is 0 Å². The highest BCUT2D eigenvalue weighted by Crippen LogP contribution is 2.26. The van der Waals surface area contributed by atoms with Crippen LogP contribution in [0.3, 0.4) is 0 Å². The van der Waals surface area contributed by atoms with Crippen molar-refractivity contribution in [2.24, 2.45) is 0 Å². The molecule has 0 spiro atoms. The Bertz CT molecular complexity index is 1360. The molecule has 0 bridgehead atoms. The van der Waals surface area contributed by atoms with E-state index in [1.165, 1.54) is 103 Å². The summed E-state index contributed by atoms with van der Waals surface area (Å²) in [5.74, 6) is -0.983. The molecule has 2 heterocycles. The number of ether oxygens (including phenoxy) is 6. The fourth-order valence-electron chi connectivity index (χ4n) is 8.51. The van der Waals surface area contributed by atoms with Crippen LogP contribution in [0.15, 0.2) is 36.5 Å². The monoisotopic (exact) mass is 999 g/mol. The third-order valence-electron chi connectivity index (χ3n) is 13.1. The molecule has 15 nitrogen and oxygen atoms in total. The third kappa shape index (κ3) is 29.4. The Morgan fingerprint density at radius 3 is 1.39 bits per heavy atom. The van der Waals surface area contributed by atoms with Crippen LogP contribution in [0.2, 0.25) is 0 Å². The number of rotatable bonds is 43. The fourth-order valence-corrected chi connectivity index (χ4v) is 8.51. The fraction of sp³-hybridized carbons (Fsp3) is 0.855. The van der Waals surface area contributed by atoms with Crippen molar-refractivity contribution in [1.82, 2.24) is 0 Å². The van der Waals surface area contributed by atoms with Crippen molar-refractivity contribution in [2.45, 2.75) is 274 Å². The Kier molecular flexibility index (Phi) is 38.4. The van der Waals surface area contributed by atoms with Crippen LogP contribution in [0.5, 0.6) is 0 Å². The SMILES string of the molecule is CCCC/C=C/CCCCCCCC(=O)O[C@@H](COC(=O)CCC/C=C/CC/C=C/CCCCCCCCCCCCCCCC)CO[C@@H]1O[C@H](CO[C@@H]2O[C@H](CO)[C@H](O)C(O)C2O)[C@H](O)C(O)C1O. The molecule has 2 aliphatic heterocycles. The van der Waals surface area contributed by atoms with Crippen molar-refractivity contribution >= 4 is 11.9 Å². The lowest BCUT2D eigenvalue weighted by atomic mass is 9.98. The number of aliphatic hydroxyl groups is 7. The molecule has 0 aromatic carbocycles. The first-order valence-electron chi connectivity index (χ1n) is 27.6. The lowest BCUT2D eigenvalue weighted by Gasteiger charge is -2.42. The van der Waals surface area contributed by atoms with Crippen LogP contribution < -0.4 is 0 Å². The van der Waals surface area contributed by atoms with Gasteiger partial charge in [0.25, 0.3) is 0 Å². The van der Waals surface area contributed by atoms with Crippen LogP contribution in [-0.4, -0.2) is 142 Å². The molecule has 11 atom stereocenters. The highest BCUT2D eigenvalue weighted by atomic mass is 16.7. The Morgan fingerprint density at radius 2 is 0.857 bits per heavy atom. The third-order valence-corrected chi connectivity index (χ3v) is 13.1. The van der Waals surface area contributed by atoms with Crippen LogP contribution in [0.4, 0.5) is 0 Å². The van der Waals surface area contributed by atoms with E-state index >= 15 is 0 Å². The average Bonchev–Trinajstić information content (AvgIpc) is 3.35. The molecule has 15 heteroatoms. The maximum atomic E-state index is 13.0. The molecule has 408 valence electrons. The van der Waals surface area contributed by atoms with Gasteiger partial charge >= 0.3 is 11.9 Å². The van der Waals surface area contributed by atoms with E-state index in [0.29, 0.717) is 19.3 Å². The minimum absolute atomic E-state index is 0.147. The van der Waals surface area contributed by atoms with Gasteiger partial charge in [-0.2, -0.15) is 0 Å². The van der Waals surface area contributed by atoms with Gasteiger partial charge in [-0.1, -0.05) is 166 Å². The highest BCUT2D eigenvalue weighted by Gasteiger charge is 2.47. The molecule has 2 rings (SSSR count). The van der Waals surface area contributed by atoms with Gasteiger partial charge < -0.3 is 64.2 Å². The van der Waals surface area contributed by atoms with Crippen molar-refractivity contribution in [3.05, 3.63) is 36.5 Å². The van der Waals surface area contributed by atoms with Crippen LogP contribution >= 0.6 is 0 Å². The molecular formula is C55H98O15. The molecule has 2 fully saturated rings. The summed E-state index contributed by atoms with van der Waals surface area (Å²) in [6, 6.07) is 0. The smallest absolute Gasteiger partial charge is 0.306 e. The van der Waals surface area contributed by atoms with Gasteiger partial charge in [0.1, 0.15) is 55.4 Å². The molecule has 4 unspecified atom stereocenters. The van der Waals surface area contributed by atoms with E-state index in [1.807, 2.05) is 0 Å². The van der Waals surface area contributed by atoms with Crippen molar-refractivity contribution in [1.29, 1.82) is 0 Å². The number of carbonyl (C=O) groups excluding carboxylic acids is 2. The zero-order chi connectivity index (χ0) is 51.0. The van der Waals surface area contributed by atoms with Gasteiger partial charge in [0.05, 0.1) is 19.8 Å². The van der Waals surface area contributed by atoms with Crippen molar-refractivity contribution in [2.75, 3.05) is 26.4 Å². The first kappa shape index (κ1) is 63.8. The number of hydrogen-bond acceptors (Lipinski definition) is 15. The van der Waals surface area contributed by atoms with Crippen LogP contribution in [0, 0.1) is 0 Å². The average molecular weight is 999 g/mol. The predicted molar refractivity (Wildman–Crippen MR) is 270 cm³/mol. The van der Waals surface area contributed by atoms with Crippen LogP contribution in [-0.2, 0) is 38.0 Å². The molecular weight excluding hydrogens is 901 g/mol. The zero-order valence-electron chi connectivity index (χ0n) is 43.3. The molecule has 0 aromatic rings. The van der Waals surface area contributed by atoms with E-state index in [1.54, 1.807) is 0 Å². The van der Waals surface area contributed by atoms with Crippen LogP contribution in [0.1, 0.15) is 206 Å². The van der Waals surface area contributed by atoms with Gasteiger partial charge in [0.15, 0.2) is 18.7 Å². The topological polar surface area (TPSA) is 231 Å². The standard InChI is InChI=1S/C55H98O15/c1-3-5-7-9-11-13-15-16-17-18-19-20-21-22-23-24-25-26-28-29-31-33-35-37-46(57)65-40-43(68-47(58)38-36-34-32-30-27-14-12-10-8-6-4-2)41-66-54-53(64)51(62)49(60)45(70-54)42-67-55-52(63)50(61)48(59)44(39-56)69-55/h10,12,24-25,29,31,43-45,48-56,59-64H,3-9,11,13-23,26-28,30,32-42H2,1-2H3/b12-10+,25-24+,31-29+/t43-,44+,45+,48-,49-,50?,51?,52?,53?,54+,55+/m0/s1. The summed E-state index contributed by atoms with van der Waals surface area (Å²) >= 11 is 0. The van der Waals surface area contributed by atoms with Gasteiger partial charge in [-0.3, -0.25) is 9.59 Å². The van der Waals surface area contributed by atoms with E-state index in [0.717, 1.165) is 57.8 Å². The molecule has 70 heavy (non-hydrogen) atoms. The number of aliphatic hydroxyl groups excluding tert-OH is 7. The van der Waals surface area contributed by atoms with Gasteiger partial charge in [-0.05, 0) is 64.2 Å². The largest absolute Gasteiger partial charge is 0.462 e. The summed E-state index contributed by atoms with van der Waals surface area (Å²) in [7, 11) is 0. The van der Waals surface area contributed by atoms with Crippen molar-refractivity contribution < 1.29 is 73.8 Å². The number of hydrogen-bond donors (Lipinski definition) is 7.